The molecule has 0 saturated heterocycles. The Balaban J connectivity index is 2.56. The number of hydrogen-bond acceptors (Lipinski definition) is 3. The molecular weight excluding hydrogens is 224 g/mol. The van der Waals surface area contributed by atoms with Gasteiger partial charge in [0.1, 0.15) is 0 Å². The van der Waals surface area contributed by atoms with Gasteiger partial charge >= 0.3 is 0 Å². The Morgan fingerprint density at radius 2 is 1.89 bits per heavy atom. The minimum atomic E-state index is -0.178. The van der Waals surface area contributed by atoms with E-state index in [0.717, 1.165) is 13.0 Å². The first-order chi connectivity index (χ1) is 8.49. The molecule has 1 rings (SSSR count). The number of benzene rings is 1. The zero-order chi connectivity index (χ0) is 13.6. The highest BCUT2D eigenvalue weighted by Gasteiger charge is 2.20. The second-order valence-electron chi connectivity index (χ2n) is 5.51. The zero-order valence-corrected chi connectivity index (χ0v) is 11.7. The predicted octanol–water partition coefficient (Wildman–Crippen LogP) is 1.44. The summed E-state index contributed by atoms with van der Waals surface area (Å²) in [5.41, 5.74) is 8.43. The van der Waals surface area contributed by atoms with Crippen LogP contribution in [0.15, 0.2) is 24.3 Å². The highest BCUT2D eigenvalue weighted by molar-refractivity contribution is 5.28. The van der Waals surface area contributed by atoms with Gasteiger partial charge in [-0.25, -0.2) is 0 Å². The average Bonchev–Trinajstić information content (AvgIpc) is 2.38. The minimum Gasteiger partial charge on any atom is -0.395 e. The molecule has 0 radical (unpaired) electrons. The lowest BCUT2D eigenvalue weighted by atomic mass is 9.84. The normalized spacial score (nSPS) is 13.6. The standard InChI is InChI=1S/C15H26N2O/c1-4-12-5-7-13(8-6-12)15(2,3)11-17-9-14(16)10-18/h5-8,14,17-18H,4,9-11,16H2,1-3H3. The van der Waals surface area contributed by atoms with Gasteiger partial charge in [-0.3, -0.25) is 0 Å². The second-order valence-corrected chi connectivity index (χ2v) is 5.51. The molecule has 1 aromatic rings. The Morgan fingerprint density at radius 3 is 2.39 bits per heavy atom. The van der Waals surface area contributed by atoms with Crippen LogP contribution in [0.1, 0.15) is 31.9 Å². The van der Waals surface area contributed by atoms with E-state index in [9.17, 15) is 0 Å². The maximum Gasteiger partial charge on any atom is 0.0594 e. The van der Waals surface area contributed by atoms with E-state index in [-0.39, 0.29) is 18.1 Å². The topological polar surface area (TPSA) is 58.3 Å². The second kappa shape index (κ2) is 6.88. The lowest BCUT2D eigenvalue weighted by Crippen LogP contribution is -2.41. The van der Waals surface area contributed by atoms with Crippen molar-refractivity contribution in [1.29, 1.82) is 0 Å². The summed E-state index contributed by atoms with van der Waals surface area (Å²) in [6.45, 7) is 8.12. The van der Waals surface area contributed by atoms with Crippen molar-refractivity contribution >= 4 is 0 Å². The number of nitrogens with two attached hydrogens (primary N) is 1. The molecule has 4 N–H and O–H groups in total. The first-order valence-corrected chi connectivity index (χ1v) is 6.66. The Kier molecular flexibility index (Phi) is 5.79. The van der Waals surface area contributed by atoms with Gasteiger partial charge in [0.15, 0.2) is 0 Å². The Morgan fingerprint density at radius 1 is 1.28 bits per heavy atom. The van der Waals surface area contributed by atoms with Crippen LogP contribution in [0, 0.1) is 0 Å². The summed E-state index contributed by atoms with van der Waals surface area (Å²) < 4.78 is 0. The van der Waals surface area contributed by atoms with Gasteiger partial charge in [-0.1, -0.05) is 45.0 Å². The van der Waals surface area contributed by atoms with E-state index < -0.39 is 0 Å². The van der Waals surface area contributed by atoms with Crippen molar-refractivity contribution in [1.82, 2.24) is 5.32 Å². The highest BCUT2D eigenvalue weighted by atomic mass is 16.3. The molecule has 102 valence electrons. The van der Waals surface area contributed by atoms with Crippen molar-refractivity contribution in [2.45, 2.75) is 38.6 Å². The van der Waals surface area contributed by atoms with Gasteiger partial charge in [0.2, 0.25) is 0 Å². The van der Waals surface area contributed by atoms with Gasteiger partial charge in [-0.15, -0.1) is 0 Å². The molecule has 1 aromatic carbocycles. The number of hydrogen-bond donors (Lipinski definition) is 3. The summed E-state index contributed by atoms with van der Waals surface area (Å²) in [4.78, 5) is 0. The lowest BCUT2D eigenvalue weighted by Gasteiger charge is -2.26. The van der Waals surface area contributed by atoms with Crippen LogP contribution in [-0.4, -0.2) is 30.8 Å². The van der Waals surface area contributed by atoms with Crippen LogP contribution in [0.25, 0.3) is 0 Å². The Hall–Kier alpha value is -0.900. The van der Waals surface area contributed by atoms with Crippen molar-refractivity contribution in [2.24, 2.45) is 5.73 Å². The molecule has 0 aliphatic rings. The molecule has 0 aromatic heterocycles. The molecule has 18 heavy (non-hydrogen) atoms. The van der Waals surface area contributed by atoms with Crippen LogP contribution >= 0.6 is 0 Å². The molecule has 3 nitrogen and oxygen atoms in total. The molecule has 0 aliphatic heterocycles. The zero-order valence-electron chi connectivity index (χ0n) is 11.7. The van der Waals surface area contributed by atoms with Crippen molar-refractivity contribution in [3.63, 3.8) is 0 Å². The number of aryl methyl sites for hydroxylation is 1. The molecule has 0 fully saturated rings. The smallest absolute Gasteiger partial charge is 0.0594 e. The minimum absolute atomic E-state index is 0.0264. The first kappa shape index (κ1) is 15.2. The Labute approximate surface area is 110 Å². The molecule has 1 unspecified atom stereocenters. The third kappa shape index (κ3) is 4.41. The van der Waals surface area contributed by atoms with Crippen LogP contribution < -0.4 is 11.1 Å². The fourth-order valence-corrected chi connectivity index (χ4v) is 1.93. The van der Waals surface area contributed by atoms with E-state index in [4.69, 9.17) is 10.8 Å². The number of rotatable bonds is 7. The number of nitrogens with one attached hydrogen (secondary N) is 1. The summed E-state index contributed by atoms with van der Waals surface area (Å²) in [5, 5.41) is 12.2. The van der Waals surface area contributed by atoms with E-state index in [1.165, 1.54) is 11.1 Å². The Bertz CT molecular complexity index is 346. The summed E-state index contributed by atoms with van der Waals surface area (Å²) in [6.07, 6.45) is 1.07. The number of aliphatic hydroxyl groups is 1. The van der Waals surface area contributed by atoms with E-state index in [1.807, 2.05) is 0 Å². The van der Waals surface area contributed by atoms with Crippen LogP contribution in [0.3, 0.4) is 0 Å². The van der Waals surface area contributed by atoms with Crippen LogP contribution in [0.2, 0.25) is 0 Å². The SMILES string of the molecule is CCc1ccc(C(C)(C)CNCC(N)CO)cc1. The molecule has 0 saturated carbocycles. The average molecular weight is 250 g/mol. The van der Waals surface area contributed by atoms with Gasteiger partial charge in [0.05, 0.1) is 6.61 Å². The molecule has 0 heterocycles. The molecule has 0 spiro atoms. The van der Waals surface area contributed by atoms with Gasteiger partial charge in [0, 0.05) is 24.5 Å². The maximum atomic E-state index is 8.87. The maximum absolute atomic E-state index is 8.87. The summed E-state index contributed by atoms with van der Waals surface area (Å²) in [5.74, 6) is 0. The van der Waals surface area contributed by atoms with E-state index in [0.29, 0.717) is 6.54 Å². The fourth-order valence-electron chi connectivity index (χ4n) is 1.93. The first-order valence-electron chi connectivity index (χ1n) is 6.66. The number of aliphatic hydroxyl groups excluding tert-OH is 1. The molecular formula is C15H26N2O. The van der Waals surface area contributed by atoms with E-state index in [1.54, 1.807) is 0 Å². The summed E-state index contributed by atoms with van der Waals surface area (Å²) >= 11 is 0. The van der Waals surface area contributed by atoms with Crippen LogP contribution in [0.4, 0.5) is 0 Å². The molecule has 1 atom stereocenters. The highest BCUT2D eigenvalue weighted by Crippen LogP contribution is 2.22. The molecule has 0 amide bonds. The summed E-state index contributed by atoms with van der Waals surface area (Å²) in [7, 11) is 0. The van der Waals surface area contributed by atoms with Crippen molar-refractivity contribution in [2.75, 3.05) is 19.7 Å². The van der Waals surface area contributed by atoms with Gasteiger partial charge in [-0.2, -0.15) is 0 Å². The van der Waals surface area contributed by atoms with Crippen molar-refractivity contribution in [3.05, 3.63) is 35.4 Å². The molecule has 0 aliphatic carbocycles. The van der Waals surface area contributed by atoms with Crippen LogP contribution in [-0.2, 0) is 11.8 Å². The van der Waals surface area contributed by atoms with E-state index >= 15 is 0 Å². The van der Waals surface area contributed by atoms with Gasteiger partial charge < -0.3 is 16.2 Å². The third-order valence-electron chi connectivity index (χ3n) is 3.35. The van der Waals surface area contributed by atoms with Gasteiger partial charge in [-0.05, 0) is 17.5 Å². The van der Waals surface area contributed by atoms with Crippen molar-refractivity contribution in [3.8, 4) is 0 Å². The lowest BCUT2D eigenvalue weighted by molar-refractivity contribution is 0.260. The van der Waals surface area contributed by atoms with Crippen molar-refractivity contribution < 1.29 is 5.11 Å². The predicted molar refractivity (Wildman–Crippen MR) is 76.8 cm³/mol. The fraction of sp³-hybridized carbons (Fsp3) is 0.600. The van der Waals surface area contributed by atoms with Crippen LogP contribution in [0.5, 0.6) is 0 Å². The van der Waals surface area contributed by atoms with E-state index in [2.05, 4.69) is 50.4 Å². The molecule has 3 heteroatoms. The third-order valence-corrected chi connectivity index (χ3v) is 3.35. The quantitative estimate of drug-likeness (QED) is 0.686. The monoisotopic (exact) mass is 250 g/mol. The summed E-state index contributed by atoms with van der Waals surface area (Å²) in [6, 6.07) is 8.61. The van der Waals surface area contributed by atoms with Gasteiger partial charge in [0.25, 0.3) is 0 Å². The largest absolute Gasteiger partial charge is 0.395 e. The molecule has 0 bridgehead atoms.